The molecule has 0 radical (unpaired) electrons. The Kier molecular flexibility index (Phi) is 5.72. The lowest BCUT2D eigenvalue weighted by Crippen LogP contribution is -2.31. The molecule has 0 aliphatic heterocycles. The van der Waals surface area contributed by atoms with Crippen LogP contribution >= 0.6 is 11.8 Å². The number of rotatable bonds is 6. The predicted octanol–water partition coefficient (Wildman–Crippen LogP) is 4.68. The first-order valence-corrected chi connectivity index (χ1v) is 10.5. The van der Waals surface area contributed by atoms with E-state index in [0.29, 0.717) is 23.3 Å². The molecule has 6 heteroatoms. The Morgan fingerprint density at radius 2 is 1.96 bits per heavy atom. The number of carbonyl (C=O) groups is 1. The van der Waals surface area contributed by atoms with Crippen molar-refractivity contribution in [2.24, 2.45) is 5.92 Å². The summed E-state index contributed by atoms with van der Waals surface area (Å²) in [6.07, 6.45) is 7.99. The summed E-state index contributed by atoms with van der Waals surface area (Å²) in [5.41, 5.74) is 0.851. The molecule has 4 rings (SSSR count). The van der Waals surface area contributed by atoms with Crippen LogP contribution in [-0.4, -0.2) is 28.2 Å². The van der Waals surface area contributed by atoms with Gasteiger partial charge in [0.1, 0.15) is 5.03 Å². The summed E-state index contributed by atoms with van der Waals surface area (Å²) in [4.78, 5) is 21.5. The van der Waals surface area contributed by atoms with Gasteiger partial charge in [0.2, 0.25) is 5.91 Å². The van der Waals surface area contributed by atoms with Crippen LogP contribution in [0.2, 0.25) is 0 Å². The van der Waals surface area contributed by atoms with Gasteiger partial charge in [0.25, 0.3) is 0 Å². The van der Waals surface area contributed by atoms with Crippen LogP contribution in [0.5, 0.6) is 0 Å². The second-order valence-electron chi connectivity index (χ2n) is 6.94. The van der Waals surface area contributed by atoms with Crippen molar-refractivity contribution in [2.75, 3.05) is 12.3 Å². The van der Waals surface area contributed by atoms with E-state index >= 15 is 0 Å². The highest BCUT2D eigenvalue weighted by molar-refractivity contribution is 8.00. The monoisotopic (exact) mass is 381 g/mol. The van der Waals surface area contributed by atoms with Crippen LogP contribution in [0.15, 0.2) is 52.1 Å². The van der Waals surface area contributed by atoms with Gasteiger partial charge in [-0.1, -0.05) is 49.2 Å². The average molecular weight is 382 g/mol. The van der Waals surface area contributed by atoms with Crippen LogP contribution in [0, 0.1) is 5.92 Å². The van der Waals surface area contributed by atoms with Gasteiger partial charge >= 0.3 is 0 Å². The van der Waals surface area contributed by atoms with Gasteiger partial charge in [-0.3, -0.25) is 4.79 Å². The molecule has 27 heavy (non-hydrogen) atoms. The van der Waals surface area contributed by atoms with Gasteiger partial charge < -0.3 is 9.73 Å². The molecule has 1 aromatic carbocycles. The van der Waals surface area contributed by atoms with Crippen molar-refractivity contribution >= 4 is 28.6 Å². The maximum Gasteiger partial charge on any atom is 0.230 e. The van der Waals surface area contributed by atoms with Crippen molar-refractivity contribution in [3.8, 4) is 11.6 Å². The predicted molar refractivity (Wildman–Crippen MR) is 108 cm³/mol. The number of nitrogens with one attached hydrogen (secondary N) is 1. The quantitative estimate of drug-likeness (QED) is 0.496. The van der Waals surface area contributed by atoms with Gasteiger partial charge in [-0.2, -0.15) is 0 Å². The first-order chi connectivity index (χ1) is 13.3. The molecule has 1 fully saturated rings. The minimum atomic E-state index is 0.0628. The number of thioether (sulfide) groups is 1. The Labute approximate surface area is 163 Å². The van der Waals surface area contributed by atoms with E-state index in [9.17, 15) is 4.79 Å². The number of amides is 1. The van der Waals surface area contributed by atoms with E-state index in [1.807, 2.05) is 36.4 Å². The second kappa shape index (κ2) is 8.57. The fraction of sp³-hybridized carbons (Fsp3) is 0.381. The summed E-state index contributed by atoms with van der Waals surface area (Å²) < 4.78 is 5.44. The molecule has 0 saturated heterocycles. The summed E-state index contributed by atoms with van der Waals surface area (Å²) in [6.45, 7) is 0.793. The van der Waals surface area contributed by atoms with Crippen LogP contribution in [0.25, 0.3) is 22.5 Å². The number of benzene rings is 1. The first kappa shape index (κ1) is 18.0. The maximum absolute atomic E-state index is 12.3. The van der Waals surface area contributed by atoms with Gasteiger partial charge in [0.05, 0.1) is 17.5 Å². The van der Waals surface area contributed by atoms with Crippen molar-refractivity contribution in [1.29, 1.82) is 0 Å². The maximum atomic E-state index is 12.3. The topological polar surface area (TPSA) is 68.0 Å². The Bertz CT molecular complexity index is 905. The van der Waals surface area contributed by atoms with E-state index in [2.05, 4.69) is 15.3 Å². The number of hydrogen-bond donors (Lipinski definition) is 1. The summed E-state index contributed by atoms with van der Waals surface area (Å²) in [7, 11) is 0. The second-order valence-corrected chi connectivity index (χ2v) is 7.91. The Morgan fingerprint density at radius 3 is 2.78 bits per heavy atom. The standard InChI is InChI=1S/C21H23N3O2S/c25-19(22-13-15-7-2-1-3-8-15)14-27-21-16-9-4-5-10-17(16)23-20(24-21)18-11-6-12-26-18/h4-6,9-12,15H,1-3,7-8,13-14H2,(H,22,25). The van der Waals surface area contributed by atoms with Gasteiger partial charge in [-0.15, -0.1) is 0 Å². The van der Waals surface area contributed by atoms with Crippen LogP contribution in [0.4, 0.5) is 0 Å². The minimum absolute atomic E-state index is 0.0628. The number of nitrogens with zero attached hydrogens (tertiary/aromatic N) is 2. The molecule has 2 aromatic heterocycles. The summed E-state index contributed by atoms with van der Waals surface area (Å²) in [5.74, 6) is 2.23. The molecule has 0 spiro atoms. The SMILES string of the molecule is O=C(CSc1nc(-c2ccco2)nc2ccccc12)NCC1CCCCC1. The number of hydrogen-bond acceptors (Lipinski definition) is 5. The average Bonchev–Trinajstić information content (AvgIpc) is 3.26. The minimum Gasteiger partial charge on any atom is -0.461 e. The summed E-state index contributed by atoms with van der Waals surface area (Å²) in [5, 5.41) is 4.85. The molecule has 1 aliphatic rings. The van der Waals surface area contributed by atoms with E-state index in [1.165, 1.54) is 43.9 Å². The lowest BCUT2D eigenvalue weighted by Gasteiger charge is -2.21. The highest BCUT2D eigenvalue weighted by Crippen LogP contribution is 2.28. The van der Waals surface area contributed by atoms with E-state index in [-0.39, 0.29) is 5.91 Å². The highest BCUT2D eigenvalue weighted by atomic mass is 32.2. The number of para-hydroxylation sites is 1. The van der Waals surface area contributed by atoms with E-state index in [1.54, 1.807) is 6.26 Å². The third-order valence-electron chi connectivity index (χ3n) is 4.96. The van der Waals surface area contributed by atoms with Gasteiger partial charge in [0.15, 0.2) is 11.6 Å². The van der Waals surface area contributed by atoms with Crippen LogP contribution in [-0.2, 0) is 4.79 Å². The molecule has 0 unspecified atom stereocenters. The molecular formula is C21H23N3O2S. The Balaban J connectivity index is 1.45. The Hall–Kier alpha value is -2.34. The van der Waals surface area contributed by atoms with Crippen molar-refractivity contribution in [2.45, 2.75) is 37.1 Å². The smallest absolute Gasteiger partial charge is 0.230 e. The lowest BCUT2D eigenvalue weighted by atomic mass is 9.89. The van der Waals surface area contributed by atoms with Crippen molar-refractivity contribution in [1.82, 2.24) is 15.3 Å². The molecule has 1 amide bonds. The van der Waals surface area contributed by atoms with Crippen LogP contribution in [0.3, 0.4) is 0 Å². The van der Waals surface area contributed by atoms with E-state index < -0.39 is 0 Å². The number of fused-ring (bicyclic) bond motifs is 1. The summed E-state index contributed by atoms with van der Waals surface area (Å²) in [6, 6.07) is 11.5. The zero-order chi connectivity index (χ0) is 18.5. The molecule has 140 valence electrons. The van der Waals surface area contributed by atoms with Gasteiger partial charge in [0, 0.05) is 11.9 Å². The number of carbonyl (C=O) groups excluding carboxylic acids is 1. The molecule has 1 N–H and O–H groups in total. The van der Waals surface area contributed by atoms with Crippen molar-refractivity contribution in [3.05, 3.63) is 42.7 Å². The molecular weight excluding hydrogens is 358 g/mol. The van der Waals surface area contributed by atoms with Crippen molar-refractivity contribution < 1.29 is 9.21 Å². The van der Waals surface area contributed by atoms with Crippen molar-refractivity contribution in [3.63, 3.8) is 0 Å². The molecule has 2 heterocycles. The molecule has 0 bridgehead atoms. The fourth-order valence-electron chi connectivity index (χ4n) is 3.51. The molecule has 1 aliphatic carbocycles. The van der Waals surface area contributed by atoms with E-state index in [4.69, 9.17) is 4.42 Å². The Morgan fingerprint density at radius 1 is 1.11 bits per heavy atom. The van der Waals surface area contributed by atoms with Crippen LogP contribution < -0.4 is 5.32 Å². The zero-order valence-electron chi connectivity index (χ0n) is 15.2. The third-order valence-corrected chi connectivity index (χ3v) is 5.95. The lowest BCUT2D eigenvalue weighted by molar-refractivity contribution is -0.118. The molecule has 1 saturated carbocycles. The van der Waals surface area contributed by atoms with E-state index in [0.717, 1.165) is 22.5 Å². The summed E-state index contributed by atoms with van der Waals surface area (Å²) >= 11 is 1.45. The fourth-order valence-corrected chi connectivity index (χ4v) is 4.36. The van der Waals surface area contributed by atoms with Gasteiger partial charge in [-0.05, 0) is 37.0 Å². The third kappa shape index (κ3) is 4.50. The zero-order valence-corrected chi connectivity index (χ0v) is 16.0. The van der Waals surface area contributed by atoms with Crippen LogP contribution in [0.1, 0.15) is 32.1 Å². The molecule has 3 aromatic rings. The molecule has 5 nitrogen and oxygen atoms in total. The number of aromatic nitrogens is 2. The highest BCUT2D eigenvalue weighted by Gasteiger charge is 2.16. The van der Waals surface area contributed by atoms with Gasteiger partial charge in [-0.25, -0.2) is 9.97 Å². The molecule has 0 atom stereocenters. The first-order valence-electron chi connectivity index (χ1n) is 9.50. The largest absolute Gasteiger partial charge is 0.461 e. The normalized spacial score (nSPS) is 15.1. The number of furan rings is 1.